The molecule has 0 radical (unpaired) electrons. The number of rotatable bonds is 3. The summed E-state index contributed by atoms with van der Waals surface area (Å²) in [7, 11) is 0. The highest BCUT2D eigenvalue weighted by atomic mass is 16.3. The lowest BCUT2D eigenvalue weighted by molar-refractivity contribution is 0.0872. The average molecular weight is 250 g/mol. The van der Waals surface area contributed by atoms with Gasteiger partial charge in [0, 0.05) is 24.8 Å². The van der Waals surface area contributed by atoms with Crippen molar-refractivity contribution >= 4 is 5.91 Å². The van der Waals surface area contributed by atoms with E-state index >= 15 is 0 Å². The lowest BCUT2D eigenvalue weighted by Gasteiger charge is -2.30. The van der Waals surface area contributed by atoms with Crippen molar-refractivity contribution < 1.29 is 15.0 Å². The Morgan fingerprint density at radius 1 is 1.39 bits per heavy atom. The van der Waals surface area contributed by atoms with Crippen molar-refractivity contribution in [1.29, 1.82) is 0 Å². The van der Waals surface area contributed by atoms with Gasteiger partial charge in [-0.1, -0.05) is 12.8 Å². The number of pyridine rings is 1. The number of aliphatic hydroxyl groups is 1. The smallest absolute Gasteiger partial charge is 0.253 e. The van der Waals surface area contributed by atoms with E-state index in [4.69, 9.17) is 0 Å². The molecule has 0 saturated heterocycles. The van der Waals surface area contributed by atoms with Crippen LogP contribution in [-0.4, -0.2) is 33.8 Å². The van der Waals surface area contributed by atoms with E-state index < -0.39 is 0 Å². The van der Waals surface area contributed by atoms with E-state index in [1.165, 1.54) is 18.5 Å². The lowest BCUT2D eigenvalue weighted by atomic mass is 9.85. The van der Waals surface area contributed by atoms with Crippen LogP contribution in [0.15, 0.2) is 18.5 Å². The fraction of sp³-hybridized carbons (Fsp3) is 0.538. The molecule has 1 saturated carbocycles. The van der Waals surface area contributed by atoms with Gasteiger partial charge in [-0.2, -0.15) is 0 Å². The number of aromatic hydroxyl groups is 1. The molecular weight excluding hydrogens is 232 g/mol. The first kappa shape index (κ1) is 12.8. The molecule has 2 rings (SSSR count). The Kier molecular flexibility index (Phi) is 4.15. The molecule has 1 heterocycles. The fourth-order valence-corrected chi connectivity index (χ4v) is 2.42. The number of amides is 1. The van der Waals surface area contributed by atoms with Gasteiger partial charge in [-0.15, -0.1) is 0 Å². The first-order chi connectivity index (χ1) is 8.70. The molecule has 0 aromatic carbocycles. The van der Waals surface area contributed by atoms with Crippen LogP contribution in [0.2, 0.25) is 0 Å². The largest absolute Gasteiger partial charge is 0.506 e. The predicted molar refractivity (Wildman–Crippen MR) is 66.2 cm³/mol. The molecule has 1 aromatic rings. The van der Waals surface area contributed by atoms with Crippen LogP contribution in [0.25, 0.3) is 0 Å². The minimum absolute atomic E-state index is 0.0126. The van der Waals surface area contributed by atoms with Crippen molar-refractivity contribution in [2.75, 3.05) is 6.61 Å². The van der Waals surface area contributed by atoms with Crippen LogP contribution >= 0.6 is 0 Å². The quantitative estimate of drug-likeness (QED) is 0.749. The van der Waals surface area contributed by atoms with E-state index in [1.807, 2.05) is 0 Å². The minimum Gasteiger partial charge on any atom is -0.506 e. The first-order valence-electron chi connectivity index (χ1n) is 6.26. The Morgan fingerprint density at radius 2 is 2.17 bits per heavy atom. The molecule has 2 atom stereocenters. The summed E-state index contributed by atoms with van der Waals surface area (Å²) in [5.74, 6) is -0.137. The zero-order valence-corrected chi connectivity index (χ0v) is 10.2. The Morgan fingerprint density at radius 3 is 2.89 bits per heavy atom. The minimum atomic E-state index is -0.247. The highest BCUT2D eigenvalue weighted by Crippen LogP contribution is 2.24. The molecule has 18 heavy (non-hydrogen) atoms. The van der Waals surface area contributed by atoms with Crippen LogP contribution in [0.5, 0.6) is 5.75 Å². The number of hydrogen-bond acceptors (Lipinski definition) is 4. The van der Waals surface area contributed by atoms with Gasteiger partial charge in [-0.25, -0.2) is 0 Å². The Labute approximate surface area is 106 Å². The third kappa shape index (κ3) is 2.98. The van der Waals surface area contributed by atoms with Gasteiger partial charge in [0.25, 0.3) is 5.91 Å². The molecule has 0 bridgehead atoms. The molecule has 3 N–H and O–H groups in total. The summed E-state index contributed by atoms with van der Waals surface area (Å²) in [6, 6.07) is 1.40. The van der Waals surface area contributed by atoms with Crippen molar-refractivity contribution in [3.05, 3.63) is 24.0 Å². The summed E-state index contributed by atoms with van der Waals surface area (Å²) >= 11 is 0. The Bertz CT molecular complexity index is 422. The van der Waals surface area contributed by atoms with Crippen LogP contribution in [0.3, 0.4) is 0 Å². The van der Waals surface area contributed by atoms with E-state index in [9.17, 15) is 15.0 Å². The van der Waals surface area contributed by atoms with Gasteiger partial charge in [0.2, 0.25) is 0 Å². The van der Waals surface area contributed by atoms with Gasteiger partial charge < -0.3 is 15.5 Å². The van der Waals surface area contributed by atoms with Crippen LogP contribution < -0.4 is 5.32 Å². The van der Waals surface area contributed by atoms with Crippen molar-refractivity contribution in [2.24, 2.45) is 5.92 Å². The normalized spacial score (nSPS) is 23.6. The number of aromatic nitrogens is 1. The Balaban J connectivity index is 2.02. The van der Waals surface area contributed by atoms with Crippen molar-refractivity contribution in [3.63, 3.8) is 0 Å². The summed E-state index contributed by atoms with van der Waals surface area (Å²) in [4.78, 5) is 15.8. The van der Waals surface area contributed by atoms with Gasteiger partial charge in [-0.3, -0.25) is 9.78 Å². The van der Waals surface area contributed by atoms with E-state index in [2.05, 4.69) is 10.3 Å². The van der Waals surface area contributed by atoms with Crippen LogP contribution in [0.4, 0.5) is 0 Å². The predicted octanol–water partition coefficient (Wildman–Crippen LogP) is 1.07. The second-order valence-electron chi connectivity index (χ2n) is 4.74. The maximum atomic E-state index is 12.0. The van der Waals surface area contributed by atoms with Gasteiger partial charge >= 0.3 is 0 Å². The zero-order chi connectivity index (χ0) is 13.0. The molecule has 1 aromatic heterocycles. The molecule has 0 aliphatic heterocycles. The van der Waals surface area contributed by atoms with E-state index in [0.717, 1.165) is 25.7 Å². The fourth-order valence-electron chi connectivity index (χ4n) is 2.42. The summed E-state index contributed by atoms with van der Waals surface area (Å²) in [6.45, 7) is 0.100. The molecule has 1 aliphatic carbocycles. The molecule has 2 unspecified atom stereocenters. The van der Waals surface area contributed by atoms with E-state index in [1.54, 1.807) is 0 Å². The number of nitrogens with one attached hydrogen (secondary N) is 1. The van der Waals surface area contributed by atoms with Gasteiger partial charge in [0.15, 0.2) is 0 Å². The molecule has 98 valence electrons. The molecular formula is C13H18N2O3. The molecule has 0 spiro atoms. The SMILES string of the molecule is O=C(NC1CCCCC1CO)c1cncc(O)c1. The average Bonchev–Trinajstić information content (AvgIpc) is 2.39. The first-order valence-corrected chi connectivity index (χ1v) is 6.26. The second kappa shape index (κ2) is 5.82. The standard InChI is InChI=1S/C13H18N2O3/c16-8-9-3-1-2-4-12(9)15-13(18)10-5-11(17)7-14-6-10/h5-7,9,12,16-17H,1-4,8H2,(H,15,18). The number of aliphatic hydroxyl groups excluding tert-OH is 1. The van der Waals surface area contributed by atoms with Crippen LogP contribution in [0, 0.1) is 5.92 Å². The number of hydrogen-bond donors (Lipinski definition) is 3. The summed E-state index contributed by atoms with van der Waals surface area (Å²) in [5, 5.41) is 21.5. The maximum absolute atomic E-state index is 12.0. The molecule has 1 amide bonds. The van der Waals surface area contributed by atoms with E-state index in [-0.39, 0.29) is 30.2 Å². The van der Waals surface area contributed by atoms with Crippen molar-refractivity contribution in [2.45, 2.75) is 31.7 Å². The topological polar surface area (TPSA) is 82.5 Å². The highest BCUT2D eigenvalue weighted by molar-refractivity contribution is 5.94. The third-order valence-electron chi connectivity index (χ3n) is 3.45. The molecule has 1 aliphatic rings. The summed E-state index contributed by atoms with van der Waals surface area (Å²) in [6.07, 6.45) is 6.72. The van der Waals surface area contributed by atoms with Crippen LogP contribution in [-0.2, 0) is 0 Å². The van der Waals surface area contributed by atoms with Gasteiger partial charge in [0.05, 0.1) is 11.8 Å². The lowest BCUT2D eigenvalue weighted by Crippen LogP contribution is -2.43. The van der Waals surface area contributed by atoms with Crippen LogP contribution in [0.1, 0.15) is 36.0 Å². The zero-order valence-electron chi connectivity index (χ0n) is 10.2. The molecule has 5 nitrogen and oxygen atoms in total. The van der Waals surface area contributed by atoms with E-state index in [0.29, 0.717) is 5.56 Å². The Hall–Kier alpha value is -1.62. The number of nitrogens with zero attached hydrogens (tertiary/aromatic N) is 1. The van der Waals surface area contributed by atoms with Gasteiger partial charge in [-0.05, 0) is 18.9 Å². The second-order valence-corrected chi connectivity index (χ2v) is 4.74. The molecule has 1 fully saturated rings. The number of carbonyl (C=O) groups is 1. The molecule has 5 heteroatoms. The van der Waals surface area contributed by atoms with Crippen molar-refractivity contribution in [3.8, 4) is 5.75 Å². The number of carbonyl (C=O) groups excluding carboxylic acids is 1. The summed E-state index contributed by atoms with van der Waals surface area (Å²) in [5.41, 5.74) is 0.345. The van der Waals surface area contributed by atoms with Gasteiger partial charge in [0.1, 0.15) is 5.75 Å². The monoisotopic (exact) mass is 250 g/mol. The third-order valence-corrected chi connectivity index (χ3v) is 3.45. The maximum Gasteiger partial charge on any atom is 0.253 e. The van der Waals surface area contributed by atoms with Crippen molar-refractivity contribution in [1.82, 2.24) is 10.3 Å². The summed E-state index contributed by atoms with van der Waals surface area (Å²) < 4.78 is 0. The highest BCUT2D eigenvalue weighted by Gasteiger charge is 2.26.